The Bertz CT molecular complexity index is 793. The van der Waals surface area contributed by atoms with Gasteiger partial charge in [-0.3, -0.25) is 0 Å². The molecule has 2 aromatic carbocycles. The molecular weight excluding hydrogens is 382 g/mol. The van der Waals surface area contributed by atoms with Gasteiger partial charge in [0.15, 0.2) is 0 Å². The van der Waals surface area contributed by atoms with Gasteiger partial charge in [-0.05, 0) is 43.3 Å². The highest BCUT2D eigenvalue weighted by Gasteiger charge is 2.14. The van der Waals surface area contributed by atoms with Gasteiger partial charge in [0, 0.05) is 26.7 Å². The molecule has 2 N–H and O–H groups in total. The van der Waals surface area contributed by atoms with E-state index in [4.69, 9.17) is 10.7 Å². The lowest BCUT2D eigenvalue weighted by molar-refractivity contribution is 0.796. The van der Waals surface area contributed by atoms with E-state index >= 15 is 0 Å². The lowest BCUT2D eigenvalue weighted by Crippen LogP contribution is -1.98. The van der Waals surface area contributed by atoms with Gasteiger partial charge in [0.2, 0.25) is 0 Å². The summed E-state index contributed by atoms with van der Waals surface area (Å²) < 4.78 is 4.22. The second-order valence-corrected chi connectivity index (χ2v) is 6.32. The molecule has 0 radical (unpaired) electrons. The van der Waals surface area contributed by atoms with E-state index in [-0.39, 0.29) is 0 Å². The number of imidazole rings is 1. The van der Waals surface area contributed by atoms with E-state index < -0.39 is 0 Å². The predicted octanol–water partition coefficient (Wildman–Crippen LogP) is 4.83. The second kappa shape index (κ2) is 5.22. The van der Waals surface area contributed by atoms with Gasteiger partial charge in [0.1, 0.15) is 5.82 Å². The summed E-state index contributed by atoms with van der Waals surface area (Å²) in [7, 11) is 0. The van der Waals surface area contributed by atoms with Crippen molar-refractivity contribution >= 4 is 48.6 Å². The van der Waals surface area contributed by atoms with Crippen LogP contribution in [0.15, 0.2) is 45.3 Å². The molecule has 0 aliphatic heterocycles. The summed E-state index contributed by atoms with van der Waals surface area (Å²) in [6.45, 7) is 2.97. The maximum atomic E-state index is 5.91. The third-order valence-electron chi connectivity index (χ3n) is 3.26. The normalized spacial score (nSPS) is 11.2. The summed E-state index contributed by atoms with van der Waals surface area (Å²) in [5.41, 5.74) is 9.76. The summed E-state index contributed by atoms with van der Waals surface area (Å²) in [6, 6.07) is 11.9. The Kier molecular flexibility index (Phi) is 3.56. The fourth-order valence-corrected chi connectivity index (χ4v) is 3.12. The van der Waals surface area contributed by atoms with Crippen LogP contribution in [0.3, 0.4) is 0 Å². The number of nitrogen functional groups attached to an aromatic ring is 1. The van der Waals surface area contributed by atoms with Crippen LogP contribution in [0.5, 0.6) is 0 Å². The molecule has 0 saturated carbocycles. The van der Waals surface area contributed by atoms with Gasteiger partial charge >= 0.3 is 0 Å². The zero-order chi connectivity index (χ0) is 14.3. The number of halogens is 2. The Labute approximate surface area is 134 Å². The third kappa shape index (κ3) is 2.25. The number of fused-ring (bicyclic) bond motifs is 1. The number of rotatable bonds is 2. The van der Waals surface area contributed by atoms with Crippen molar-refractivity contribution in [2.75, 3.05) is 5.73 Å². The van der Waals surface area contributed by atoms with Crippen LogP contribution in [0.2, 0.25) is 0 Å². The minimum atomic E-state index is 0.735. The zero-order valence-electron chi connectivity index (χ0n) is 10.9. The SMILES string of the molecule is CCn1c(-c2cc(N)ccc2Br)nc2cc(Br)ccc21. The van der Waals surface area contributed by atoms with Gasteiger partial charge in [0.05, 0.1) is 11.0 Å². The highest BCUT2D eigenvalue weighted by Crippen LogP contribution is 2.32. The molecule has 0 amide bonds. The first-order chi connectivity index (χ1) is 9.60. The van der Waals surface area contributed by atoms with Crippen molar-refractivity contribution < 1.29 is 0 Å². The molecular formula is C15H13Br2N3. The standard InChI is InChI=1S/C15H13Br2N3/c1-2-20-14-6-3-9(16)7-13(14)19-15(20)11-8-10(18)4-5-12(11)17/h3-8H,2,18H2,1H3. The number of nitrogens with zero attached hydrogens (tertiary/aromatic N) is 2. The molecule has 3 nitrogen and oxygen atoms in total. The molecule has 0 unspecified atom stereocenters. The van der Waals surface area contributed by atoms with Crippen molar-refractivity contribution in [2.24, 2.45) is 0 Å². The van der Waals surface area contributed by atoms with Gasteiger partial charge in [-0.15, -0.1) is 0 Å². The molecule has 1 aromatic heterocycles. The average molecular weight is 395 g/mol. The number of nitrogens with two attached hydrogens (primary N) is 1. The van der Waals surface area contributed by atoms with Gasteiger partial charge in [-0.25, -0.2) is 4.98 Å². The lowest BCUT2D eigenvalue weighted by Gasteiger charge is -2.08. The molecule has 0 atom stereocenters. The highest BCUT2D eigenvalue weighted by atomic mass is 79.9. The quantitative estimate of drug-likeness (QED) is 0.632. The van der Waals surface area contributed by atoms with Crippen LogP contribution in [0.4, 0.5) is 5.69 Å². The Balaban J connectivity index is 2.32. The molecule has 0 fully saturated rings. The van der Waals surface area contributed by atoms with E-state index in [9.17, 15) is 0 Å². The van der Waals surface area contributed by atoms with Crippen LogP contribution in [-0.2, 0) is 6.54 Å². The smallest absolute Gasteiger partial charge is 0.142 e. The molecule has 0 aliphatic carbocycles. The predicted molar refractivity (Wildman–Crippen MR) is 90.7 cm³/mol. The number of aryl methyl sites for hydroxylation is 1. The van der Waals surface area contributed by atoms with Crippen LogP contribution in [-0.4, -0.2) is 9.55 Å². The van der Waals surface area contributed by atoms with E-state index in [1.165, 1.54) is 0 Å². The van der Waals surface area contributed by atoms with Gasteiger partial charge < -0.3 is 10.3 Å². The first-order valence-corrected chi connectivity index (χ1v) is 7.90. The van der Waals surface area contributed by atoms with Crippen LogP contribution in [0.25, 0.3) is 22.4 Å². The summed E-state index contributed by atoms with van der Waals surface area (Å²) in [5.74, 6) is 0.930. The van der Waals surface area contributed by atoms with Crippen molar-refractivity contribution in [1.29, 1.82) is 0 Å². The summed E-state index contributed by atoms with van der Waals surface area (Å²) in [4.78, 5) is 4.76. The number of anilines is 1. The van der Waals surface area contributed by atoms with E-state index in [0.29, 0.717) is 0 Å². The minimum Gasteiger partial charge on any atom is -0.399 e. The average Bonchev–Trinajstić information content (AvgIpc) is 2.78. The lowest BCUT2D eigenvalue weighted by atomic mass is 10.2. The van der Waals surface area contributed by atoms with E-state index in [0.717, 1.165) is 43.6 Å². The maximum Gasteiger partial charge on any atom is 0.142 e. The topological polar surface area (TPSA) is 43.8 Å². The van der Waals surface area contributed by atoms with E-state index in [1.807, 2.05) is 30.3 Å². The van der Waals surface area contributed by atoms with Gasteiger partial charge in [-0.1, -0.05) is 31.9 Å². The fourth-order valence-electron chi connectivity index (χ4n) is 2.34. The minimum absolute atomic E-state index is 0.735. The molecule has 0 spiro atoms. The summed E-state index contributed by atoms with van der Waals surface area (Å²) >= 11 is 7.08. The van der Waals surface area contributed by atoms with Gasteiger partial charge in [-0.2, -0.15) is 0 Å². The molecule has 1 heterocycles. The van der Waals surface area contributed by atoms with Crippen LogP contribution < -0.4 is 5.73 Å². The number of hydrogen-bond acceptors (Lipinski definition) is 2. The number of hydrogen-bond donors (Lipinski definition) is 1. The summed E-state index contributed by atoms with van der Waals surface area (Å²) in [5, 5.41) is 0. The van der Waals surface area contributed by atoms with E-state index in [2.05, 4.69) is 49.4 Å². The first-order valence-electron chi connectivity index (χ1n) is 6.31. The molecule has 5 heteroatoms. The second-order valence-electron chi connectivity index (χ2n) is 4.55. The maximum absolute atomic E-state index is 5.91. The molecule has 0 saturated heterocycles. The molecule has 102 valence electrons. The Hall–Kier alpha value is -1.33. The van der Waals surface area contributed by atoms with Crippen LogP contribution >= 0.6 is 31.9 Å². The molecule has 20 heavy (non-hydrogen) atoms. The van der Waals surface area contributed by atoms with Crippen LogP contribution in [0, 0.1) is 0 Å². The third-order valence-corrected chi connectivity index (χ3v) is 4.44. The fraction of sp³-hybridized carbons (Fsp3) is 0.133. The van der Waals surface area contributed by atoms with Crippen molar-refractivity contribution in [3.63, 3.8) is 0 Å². The van der Waals surface area contributed by atoms with E-state index in [1.54, 1.807) is 0 Å². The van der Waals surface area contributed by atoms with Crippen molar-refractivity contribution in [3.8, 4) is 11.4 Å². The first kappa shape index (κ1) is 13.6. The Morgan fingerprint density at radius 2 is 1.95 bits per heavy atom. The van der Waals surface area contributed by atoms with Crippen molar-refractivity contribution in [1.82, 2.24) is 9.55 Å². The largest absolute Gasteiger partial charge is 0.399 e. The van der Waals surface area contributed by atoms with Gasteiger partial charge in [0.25, 0.3) is 0 Å². The van der Waals surface area contributed by atoms with Crippen molar-refractivity contribution in [2.45, 2.75) is 13.5 Å². The number of benzene rings is 2. The number of aromatic nitrogens is 2. The van der Waals surface area contributed by atoms with Crippen molar-refractivity contribution in [3.05, 3.63) is 45.3 Å². The highest BCUT2D eigenvalue weighted by molar-refractivity contribution is 9.10. The Morgan fingerprint density at radius 3 is 2.70 bits per heavy atom. The summed E-state index contributed by atoms with van der Waals surface area (Å²) in [6.07, 6.45) is 0. The molecule has 3 rings (SSSR count). The zero-order valence-corrected chi connectivity index (χ0v) is 14.1. The molecule has 3 aromatic rings. The monoisotopic (exact) mass is 393 g/mol. The molecule has 0 aliphatic rings. The Morgan fingerprint density at radius 1 is 1.15 bits per heavy atom. The molecule has 0 bridgehead atoms. The van der Waals surface area contributed by atoms with Crippen LogP contribution in [0.1, 0.15) is 6.92 Å².